The Labute approximate surface area is 363 Å². The molecular formula is C48H79N4O7P. The van der Waals surface area contributed by atoms with Crippen LogP contribution in [-0.2, 0) is 28.1 Å². The summed E-state index contributed by atoms with van der Waals surface area (Å²) in [5.41, 5.74) is 2.02. The first-order valence-corrected chi connectivity index (χ1v) is 25.2. The molecule has 0 aromatic carbocycles. The first-order valence-electron chi connectivity index (χ1n) is 24.1. The van der Waals surface area contributed by atoms with Crippen LogP contribution >= 0.6 is 8.53 Å². The van der Waals surface area contributed by atoms with Gasteiger partial charge in [-0.3, -0.25) is 4.79 Å². The van der Waals surface area contributed by atoms with Gasteiger partial charge in [0.05, 0.1) is 37.9 Å². The van der Waals surface area contributed by atoms with Crippen molar-refractivity contribution in [1.82, 2.24) is 14.9 Å². The van der Waals surface area contributed by atoms with Crippen molar-refractivity contribution < 1.29 is 32.8 Å². The van der Waals surface area contributed by atoms with Gasteiger partial charge < -0.3 is 33.5 Å². The fourth-order valence-electron chi connectivity index (χ4n) is 13.7. The molecule has 12 heteroatoms. The molecule has 3 saturated heterocycles. The largest absolute Gasteiger partial charge is 0.446 e. The molecule has 338 valence electrons. The van der Waals surface area contributed by atoms with Crippen LogP contribution in [0.2, 0.25) is 0 Å². The number of alkyl carbamates (subject to hydrolysis) is 1. The zero-order chi connectivity index (χ0) is 43.0. The smallest absolute Gasteiger partial charge is 0.407 e. The zero-order valence-electron chi connectivity index (χ0n) is 38.6. The van der Waals surface area contributed by atoms with Crippen LogP contribution in [0.3, 0.4) is 0 Å². The van der Waals surface area contributed by atoms with Crippen molar-refractivity contribution in [2.24, 2.45) is 46.3 Å². The lowest BCUT2D eigenvalue weighted by Crippen LogP contribution is -2.52. The standard InChI is InChI=1S/C48H79N4O7P/c1-31(2)52(32(3)4)60(56-25-13-23-49)59-38-26-34(6)51(29-38)43(53)14-11-10-12-24-50-45(54)57-37-18-20-46(8)36(27-37)15-16-39-40(46)19-21-47(9)41(39)28-42-44(47)35(7)48(58-42)22-17-33(5)30-55-48/h15,31-35,37-42,44H,10-14,16-22,24-30H2,1-9H3,(H,50,54)/t33-,34-,35+,37+,38-,39-,40+,41+,42+,44+,46+,47+,48-,60?/m1/s1. The predicted octanol–water partition coefficient (Wildman–Crippen LogP) is 10.3. The quantitative estimate of drug-likeness (QED) is 0.0974. The third-order valence-corrected chi connectivity index (χ3v) is 18.9. The van der Waals surface area contributed by atoms with Crippen LogP contribution in [-0.4, -0.2) is 90.1 Å². The van der Waals surface area contributed by atoms with Crippen LogP contribution in [0.15, 0.2) is 11.6 Å². The Kier molecular flexibility index (Phi) is 14.7. The van der Waals surface area contributed by atoms with Gasteiger partial charge in [-0.2, -0.15) is 5.26 Å². The van der Waals surface area contributed by atoms with Crippen molar-refractivity contribution in [2.45, 2.75) is 201 Å². The molecule has 0 aromatic heterocycles. The van der Waals surface area contributed by atoms with Crippen LogP contribution in [0.1, 0.15) is 159 Å². The normalized spacial score (nSPS) is 40.2. The fraction of sp³-hybridized carbons (Fsp3) is 0.896. The monoisotopic (exact) mass is 855 g/mol. The van der Waals surface area contributed by atoms with Crippen LogP contribution in [0.25, 0.3) is 0 Å². The van der Waals surface area contributed by atoms with Crippen molar-refractivity contribution in [3.63, 3.8) is 0 Å². The summed E-state index contributed by atoms with van der Waals surface area (Å²) in [7, 11) is -1.34. The molecule has 6 fully saturated rings. The summed E-state index contributed by atoms with van der Waals surface area (Å²) in [6, 6.07) is 2.72. The molecule has 3 aliphatic heterocycles. The molecule has 2 amide bonds. The van der Waals surface area contributed by atoms with E-state index < -0.39 is 8.53 Å². The predicted molar refractivity (Wildman–Crippen MR) is 234 cm³/mol. The summed E-state index contributed by atoms with van der Waals surface area (Å²) in [6.45, 7) is 22.8. The summed E-state index contributed by atoms with van der Waals surface area (Å²) < 4.78 is 34.4. The molecule has 60 heavy (non-hydrogen) atoms. The second kappa shape index (κ2) is 19.1. The van der Waals surface area contributed by atoms with E-state index in [0.29, 0.717) is 79.6 Å². The molecule has 3 heterocycles. The minimum absolute atomic E-state index is 0.0726. The minimum atomic E-state index is -1.34. The summed E-state index contributed by atoms with van der Waals surface area (Å²) in [6.07, 6.45) is 16.4. The fourth-order valence-corrected chi connectivity index (χ4v) is 15.4. The lowest BCUT2D eigenvalue weighted by Gasteiger charge is -2.58. The van der Waals surface area contributed by atoms with E-state index in [4.69, 9.17) is 28.5 Å². The van der Waals surface area contributed by atoms with E-state index in [1.165, 1.54) is 31.3 Å². The van der Waals surface area contributed by atoms with Gasteiger partial charge in [0.2, 0.25) is 5.91 Å². The molecule has 1 N–H and O–H groups in total. The summed E-state index contributed by atoms with van der Waals surface area (Å²) in [5.74, 6) is 3.55. The topological polar surface area (TPSA) is 123 Å². The van der Waals surface area contributed by atoms with Crippen molar-refractivity contribution in [3.8, 4) is 6.07 Å². The number of ether oxygens (including phenoxy) is 3. The van der Waals surface area contributed by atoms with Gasteiger partial charge in [-0.25, -0.2) is 9.46 Å². The van der Waals surface area contributed by atoms with E-state index >= 15 is 0 Å². The first-order chi connectivity index (χ1) is 28.6. The van der Waals surface area contributed by atoms with Gasteiger partial charge in [-0.05, 0) is 139 Å². The first kappa shape index (κ1) is 46.2. The Hall–Kier alpha value is -1.80. The SMILES string of the molecule is CC(C)N(C(C)C)P(OCCC#N)O[C@@H]1C[C@@H](C)N(C(=O)CCCCCNC(=O)O[C@H]2CC[C@@]3(C)C(=CC[C@H]4[C@@H]5C[C@@H]6O[C@]7(CC[C@@H](C)CO7)[C@@H](C)[C@@H]6[C@@]5(C)CC[C@@H]43)C2)C1. The number of hydrogen-bond acceptors (Lipinski definition) is 9. The van der Waals surface area contributed by atoms with Crippen LogP contribution < -0.4 is 5.32 Å². The minimum Gasteiger partial charge on any atom is -0.446 e. The van der Waals surface area contributed by atoms with Crippen molar-refractivity contribution in [3.05, 3.63) is 11.6 Å². The highest BCUT2D eigenvalue weighted by molar-refractivity contribution is 7.44. The maximum absolute atomic E-state index is 13.3. The summed E-state index contributed by atoms with van der Waals surface area (Å²) >= 11 is 0. The molecule has 4 aliphatic carbocycles. The zero-order valence-corrected chi connectivity index (χ0v) is 39.5. The van der Waals surface area contributed by atoms with E-state index in [9.17, 15) is 9.59 Å². The third kappa shape index (κ3) is 9.23. The van der Waals surface area contributed by atoms with Gasteiger partial charge in [0.1, 0.15) is 6.10 Å². The van der Waals surface area contributed by atoms with Gasteiger partial charge in [0, 0.05) is 56.4 Å². The van der Waals surface area contributed by atoms with Crippen molar-refractivity contribution in [1.29, 1.82) is 5.26 Å². The molecule has 11 nitrogen and oxygen atoms in total. The molecule has 3 saturated carbocycles. The number of hydrogen-bond donors (Lipinski definition) is 1. The van der Waals surface area contributed by atoms with Crippen LogP contribution in [0.5, 0.6) is 0 Å². The number of carbonyl (C=O) groups is 2. The molecule has 0 bridgehead atoms. The highest BCUT2D eigenvalue weighted by atomic mass is 31.2. The Morgan fingerprint density at radius 2 is 1.80 bits per heavy atom. The van der Waals surface area contributed by atoms with E-state index in [0.717, 1.165) is 64.4 Å². The number of allylic oxidation sites excluding steroid dienone is 1. The number of amides is 2. The van der Waals surface area contributed by atoms with Gasteiger partial charge in [0.15, 0.2) is 5.79 Å². The van der Waals surface area contributed by atoms with E-state index in [1.807, 2.05) is 4.90 Å². The Bertz CT molecular complexity index is 1570. The second-order valence-electron chi connectivity index (χ2n) is 21.2. The maximum atomic E-state index is 13.3. The van der Waals surface area contributed by atoms with E-state index in [-0.39, 0.29) is 53.5 Å². The highest BCUT2D eigenvalue weighted by Crippen LogP contribution is 2.70. The summed E-state index contributed by atoms with van der Waals surface area (Å²) in [5, 5.41) is 12.0. The Balaban J connectivity index is 0.814. The maximum Gasteiger partial charge on any atom is 0.407 e. The Morgan fingerprint density at radius 1 is 1.02 bits per heavy atom. The lowest BCUT2D eigenvalue weighted by atomic mass is 9.47. The molecular weight excluding hydrogens is 776 g/mol. The second-order valence-corrected chi connectivity index (χ2v) is 22.6. The number of rotatable bonds is 15. The highest BCUT2D eigenvalue weighted by Gasteiger charge is 2.68. The number of carbonyl (C=O) groups excluding carboxylic acids is 2. The lowest BCUT2D eigenvalue weighted by molar-refractivity contribution is -0.272. The summed E-state index contributed by atoms with van der Waals surface area (Å²) in [4.78, 5) is 28.2. The van der Waals surface area contributed by atoms with Gasteiger partial charge in [0.25, 0.3) is 8.53 Å². The van der Waals surface area contributed by atoms with Gasteiger partial charge in [-0.15, -0.1) is 0 Å². The average molecular weight is 855 g/mol. The number of likely N-dealkylation sites (tertiary alicyclic amines) is 1. The van der Waals surface area contributed by atoms with Gasteiger partial charge >= 0.3 is 6.09 Å². The number of unbranched alkanes of at least 4 members (excludes halogenated alkanes) is 2. The van der Waals surface area contributed by atoms with E-state index in [2.05, 4.69) is 84.4 Å². The van der Waals surface area contributed by atoms with Crippen LogP contribution in [0, 0.1) is 57.7 Å². The van der Waals surface area contributed by atoms with Crippen LogP contribution in [0.4, 0.5) is 4.79 Å². The third-order valence-electron chi connectivity index (χ3n) is 16.7. The van der Waals surface area contributed by atoms with Crippen molar-refractivity contribution in [2.75, 3.05) is 26.3 Å². The number of nitrogens with zero attached hydrogens (tertiary/aromatic N) is 3. The molecule has 14 atom stereocenters. The van der Waals surface area contributed by atoms with E-state index in [1.54, 1.807) is 0 Å². The molecule has 1 unspecified atom stereocenters. The molecule has 1 spiro atoms. The van der Waals surface area contributed by atoms with Crippen molar-refractivity contribution >= 4 is 20.5 Å². The number of fused-ring (bicyclic) bond motifs is 7. The Morgan fingerprint density at radius 3 is 2.52 bits per heavy atom. The average Bonchev–Trinajstić information content (AvgIpc) is 3.81. The molecule has 7 rings (SSSR count). The number of nitrogens with one attached hydrogen (secondary N) is 1. The van der Waals surface area contributed by atoms with Gasteiger partial charge in [-0.1, -0.05) is 45.8 Å². The molecule has 7 aliphatic rings. The molecule has 0 aromatic rings. The number of nitriles is 1. The molecule has 0 radical (unpaired) electrons.